The lowest BCUT2D eigenvalue weighted by atomic mass is 10.1. The van der Waals surface area contributed by atoms with Gasteiger partial charge in [-0.1, -0.05) is 54.6 Å². The van der Waals surface area contributed by atoms with Gasteiger partial charge in [0, 0.05) is 31.3 Å². The molecule has 1 aromatic heterocycles. The first kappa shape index (κ1) is 24.6. The summed E-state index contributed by atoms with van der Waals surface area (Å²) in [6.45, 7) is 1.51. The summed E-state index contributed by atoms with van der Waals surface area (Å²) in [7, 11) is 3.46. The summed E-state index contributed by atoms with van der Waals surface area (Å²) in [5.74, 6) is 1.85. The number of nitrogens with zero attached hydrogens (tertiary/aromatic N) is 3. The molecule has 0 saturated carbocycles. The van der Waals surface area contributed by atoms with Gasteiger partial charge in [0.15, 0.2) is 0 Å². The van der Waals surface area contributed by atoms with Gasteiger partial charge in [0.1, 0.15) is 17.2 Å². The van der Waals surface area contributed by atoms with E-state index in [9.17, 15) is 4.79 Å². The molecule has 0 unspecified atom stereocenters. The molecule has 190 valence electrons. The lowest BCUT2D eigenvalue weighted by Gasteiger charge is -2.26. The van der Waals surface area contributed by atoms with Crippen LogP contribution in [0.25, 0.3) is 11.3 Å². The minimum atomic E-state index is -0.0945. The normalized spacial score (nSPS) is 14.9. The highest BCUT2D eigenvalue weighted by Gasteiger charge is 2.28. The van der Waals surface area contributed by atoms with Crippen molar-refractivity contribution in [1.82, 2.24) is 14.7 Å². The van der Waals surface area contributed by atoms with E-state index >= 15 is 0 Å². The van der Waals surface area contributed by atoms with E-state index in [1.807, 2.05) is 90.8 Å². The van der Waals surface area contributed by atoms with E-state index in [2.05, 4.69) is 0 Å². The van der Waals surface area contributed by atoms with Gasteiger partial charge in [-0.3, -0.25) is 4.79 Å². The molecule has 1 amide bonds. The first-order chi connectivity index (χ1) is 18.1. The zero-order valence-corrected chi connectivity index (χ0v) is 21.2. The quantitative estimate of drug-likeness (QED) is 0.296. The van der Waals surface area contributed by atoms with Crippen molar-refractivity contribution in [2.75, 3.05) is 20.3 Å². The van der Waals surface area contributed by atoms with E-state index in [0.29, 0.717) is 36.0 Å². The van der Waals surface area contributed by atoms with Crippen LogP contribution in [0.1, 0.15) is 28.8 Å². The van der Waals surface area contributed by atoms with Gasteiger partial charge in [0.25, 0.3) is 5.91 Å². The molecular weight excluding hydrogens is 466 g/mol. The Labute approximate surface area is 217 Å². The zero-order chi connectivity index (χ0) is 25.6. The van der Waals surface area contributed by atoms with Crippen LogP contribution in [-0.4, -0.2) is 47.0 Å². The number of methoxy groups -OCH3 is 1. The van der Waals surface area contributed by atoms with Crippen molar-refractivity contribution in [3.8, 4) is 28.6 Å². The SMILES string of the molecule is COc1cccc(C(=O)N(Cc2c(-c3ccccc3)nn(C)c2Oc2ccccc2)C[C@H]2CCCO2)c1. The fourth-order valence-corrected chi connectivity index (χ4v) is 4.63. The Bertz CT molecular complexity index is 1330. The molecule has 1 saturated heterocycles. The van der Waals surface area contributed by atoms with Crippen molar-refractivity contribution in [3.63, 3.8) is 0 Å². The predicted octanol–water partition coefficient (Wildman–Crippen LogP) is 5.71. The Morgan fingerprint density at radius 3 is 2.46 bits per heavy atom. The van der Waals surface area contributed by atoms with Gasteiger partial charge < -0.3 is 19.1 Å². The average molecular weight is 498 g/mol. The maximum absolute atomic E-state index is 13.9. The Morgan fingerprint density at radius 2 is 1.76 bits per heavy atom. The lowest BCUT2D eigenvalue weighted by Crippen LogP contribution is -2.37. The van der Waals surface area contributed by atoms with E-state index in [-0.39, 0.29) is 12.0 Å². The van der Waals surface area contributed by atoms with E-state index < -0.39 is 0 Å². The van der Waals surface area contributed by atoms with Gasteiger partial charge in [0.05, 0.1) is 25.3 Å². The first-order valence-corrected chi connectivity index (χ1v) is 12.5. The maximum Gasteiger partial charge on any atom is 0.254 e. The molecule has 5 rings (SSSR count). The first-order valence-electron chi connectivity index (χ1n) is 12.5. The molecule has 0 spiro atoms. The van der Waals surface area contributed by atoms with E-state index in [1.54, 1.807) is 17.9 Å². The van der Waals surface area contributed by atoms with Crippen molar-refractivity contribution in [3.05, 3.63) is 96.1 Å². The molecule has 37 heavy (non-hydrogen) atoms. The molecule has 1 aliphatic rings. The highest BCUT2D eigenvalue weighted by atomic mass is 16.5. The summed E-state index contributed by atoms with van der Waals surface area (Å²) in [5, 5.41) is 4.82. The van der Waals surface area contributed by atoms with Gasteiger partial charge in [-0.25, -0.2) is 4.68 Å². The minimum Gasteiger partial charge on any atom is -0.497 e. The van der Waals surface area contributed by atoms with E-state index in [0.717, 1.165) is 36.3 Å². The number of carbonyl (C=O) groups is 1. The third-order valence-electron chi connectivity index (χ3n) is 6.49. The third-order valence-corrected chi connectivity index (χ3v) is 6.49. The van der Waals surface area contributed by atoms with Gasteiger partial charge in [-0.05, 0) is 43.2 Å². The Kier molecular flexibility index (Phi) is 7.51. The molecule has 7 heteroatoms. The second-order valence-corrected chi connectivity index (χ2v) is 9.09. The molecule has 1 fully saturated rings. The number of hydrogen-bond acceptors (Lipinski definition) is 5. The highest BCUT2D eigenvalue weighted by molar-refractivity contribution is 5.94. The summed E-state index contributed by atoms with van der Waals surface area (Å²) < 4.78 is 19.4. The zero-order valence-electron chi connectivity index (χ0n) is 21.2. The molecule has 4 aromatic rings. The summed E-state index contributed by atoms with van der Waals surface area (Å²) in [5.41, 5.74) is 3.14. The van der Waals surface area contributed by atoms with Crippen molar-refractivity contribution < 1.29 is 19.0 Å². The molecule has 0 aliphatic carbocycles. The lowest BCUT2D eigenvalue weighted by molar-refractivity contribution is 0.0506. The van der Waals surface area contributed by atoms with Crippen LogP contribution < -0.4 is 9.47 Å². The van der Waals surface area contributed by atoms with Gasteiger partial charge in [-0.15, -0.1) is 0 Å². The van der Waals surface area contributed by atoms with Crippen LogP contribution in [0.15, 0.2) is 84.9 Å². The van der Waals surface area contributed by atoms with E-state index in [1.165, 1.54) is 0 Å². The van der Waals surface area contributed by atoms with E-state index in [4.69, 9.17) is 19.3 Å². The number of rotatable bonds is 9. The average Bonchev–Trinajstić information content (AvgIpc) is 3.57. The highest BCUT2D eigenvalue weighted by Crippen LogP contribution is 2.35. The standard InChI is InChI=1S/C30H31N3O4/c1-32-30(37-24-14-7-4-8-15-24)27(28(31-32)22-11-5-3-6-12-22)21-33(20-26-17-10-18-36-26)29(34)23-13-9-16-25(19-23)35-2/h3-9,11-16,19,26H,10,17-18,20-21H2,1-2H3/t26-/m1/s1. The molecule has 3 aromatic carbocycles. The molecule has 7 nitrogen and oxygen atoms in total. The van der Waals surface area contributed by atoms with Crippen molar-refractivity contribution in [2.45, 2.75) is 25.5 Å². The molecule has 0 radical (unpaired) electrons. The molecule has 2 heterocycles. The molecular formula is C30H31N3O4. The summed E-state index contributed by atoms with van der Waals surface area (Å²) >= 11 is 0. The summed E-state index contributed by atoms with van der Waals surface area (Å²) in [6.07, 6.45) is 1.91. The van der Waals surface area contributed by atoms with Crippen LogP contribution >= 0.6 is 0 Å². The Morgan fingerprint density at radius 1 is 1.03 bits per heavy atom. The van der Waals surface area contributed by atoms with Crippen LogP contribution in [0.5, 0.6) is 17.4 Å². The number of para-hydroxylation sites is 1. The Balaban J connectivity index is 1.56. The number of aromatic nitrogens is 2. The second-order valence-electron chi connectivity index (χ2n) is 9.09. The fraction of sp³-hybridized carbons (Fsp3) is 0.267. The number of aryl methyl sites for hydroxylation is 1. The van der Waals surface area contributed by atoms with Crippen LogP contribution in [0.3, 0.4) is 0 Å². The van der Waals surface area contributed by atoms with Crippen molar-refractivity contribution >= 4 is 5.91 Å². The molecule has 0 N–H and O–H groups in total. The molecule has 0 bridgehead atoms. The van der Waals surface area contributed by atoms with Gasteiger partial charge in [0.2, 0.25) is 5.88 Å². The number of ether oxygens (including phenoxy) is 3. The van der Waals surface area contributed by atoms with Crippen LogP contribution in [0.4, 0.5) is 0 Å². The smallest absolute Gasteiger partial charge is 0.254 e. The van der Waals surface area contributed by atoms with Crippen molar-refractivity contribution in [2.24, 2.45) is 7.05 Å². The monoisotopic (exact) mass is 497 g/mol. The largest absolute Gasteiger partial charge is 0.497 e. The fourth-order valence-electron chi connectivity index (χ4n) is 4.63. The second kappa shape index (κ2) is 11.3. The third kappa shape index (κ3) is 5.67. The van der Waals surface area contributed by atoms with Crippen LogP contribution in [0, 0.1) is 0 Å². The van der Waals surface area contributed by atoms with Crippen LogP contribution in [0.2, 0.25) is 0 Å². The number of benzene rings is 3. The maximum atomic E-state index is 13.9. The van der Waals surface area contributed by atoms with Crippen LogP contribution in [-0.2, 0) is 18.3 Å². The summed E-state index contributed by atoms with van der Waals surface area (Å²) in [4.78, 5) is 15.7. The predicted molar refractivity (Wildman–Crippen MR) is 142 cm³/mol. The number of hydrogen-bond donors (Lipinski definition) is 0. The molecule has 1 atom stereocenters. The van der Waals surface area contributed by atoms with Gasteiger partial charge in [-0.2, -0.15) is 5.10 Å². The number of amides is 1. The molecule has 1 aliphatic heterocycles. The topological polar surface area (TPSA) is 65.8 Å². The van der Waals surface area contributed by atoms with Crippen molar-refractivity contribution in [1.29, 1.82) is 0 Å². The summed E-state index contributed by atoms with van der Waals surface area (Å²) in [6, 6.07) is 26.9. The Hall–Kier alpha value is -4.10. The van der Waals surface area contributed by atoms with Gasteiger partial charge >= 0.3 is 0 Å². The number of carbonyl (C=O) groups excluding carboxylic acids is 1. The minimum absolute atomic E-state index is 0.00936.